The summed E-state index contributed by atoms with van der Waals surface area (Å²) in [5, 5.41) is 8.95. The van der Waals surface area contributed by atoms with Crippen molar-refractivity contribution in [1.82, 2.24) is 9.55 Å². The highest BCUT2D eigenvalue weighted by atomic mass is 16.6. The average molecular weight is 335 g/mol. The van der Waals surface area contributed by atoms with E-state index >= 15 is 0 Å². The molecule has 0 aliphatic carbocycles. The van der Waals surface area contributed by atoms with Gasteiger partial charge >= 0.3 is 0 Å². The minimum Gasteiger partial charge on any atom is -0.486 e. The molecule has 0 amide bonds. The third-order valence-electron chi connectivity index (χ3n) is 4.19. The Labute approximate surface area is 145 Å². The molecule has 0 spiro atoms. The maximum atomic E-state index is 8.95. The molecule has 0 unspecified atom stereocenters. The van der Waals surface area contributed by atoms with Crippen molar-refractivity contribution >= 4 is 11.0 Å². The lowest BCUT2D eigenvalue weighted by Gasteiger charge is -2.18. The number of ether oxygens (including phenoxy) is 3. The van der Waals surface area contributed by atoms with E-state index in [0.29, 0.717) is 31.9 Å². The van der Waals surface area contributed by atoms with Gasteiger partial charge in [0, 0.05) is 25.8 Å². The molecular formula is C19H17N3O3. The van der Waals surface area contributed by atoms with Gasteiger partial charge in [0.05, 0.1) is 22.7 Å². The molecule has 0 atom stereocenters. The lowest BCUT2D eigenvalue weighted by Crippen LogP contribution is -2.15. The van der Waals surface area contributed by atoms with Crippen LogP contribution in [-0.2, 0) is 17.9 Å². The number of benzene rings is 2. The van der Waals surface area contributed by atoms with Crippen LogP contribution in [0.25, 0.3) is 11.0 Å². The topological polar surface area (TPSA) is 69.3 Å². The molecule has 2 aromatic carbocycles. The van der Waals surface area contributed by atoms with Crippen LogP contribution in [0.4, 0.5) is 0 Å². The smallest absolute Gasteiger partial charge is 0.163 e. The van der Waals surface area contributed by atoms with Crippen molar-refractivity contribution in [3.63, 3.8) is 0 Å². The van der Waals surface area contributed by atoms with Crippen LogP contribution in [0.1, 0.15) is 17.0 Å². The number of methoxy groups -OCH3 is 1. The number of imidazole rings is 1. The van der Waals surface area contributed by atoms with E-state index in [-0.39, 0.29) is 0 Å². The first-order valence-corrected chi connectivity index (χ1v) is 8.05. The maximum absolute atomic E-state index is 8.95. The summed E-state index contributed by atoms with van der Waals surface area (Å²) in [4.78, 5) is 4.69. The fraction of sp³-hybridized carbons (Fsp3) is 0.263. The van der Waals surface area contributed by atoms with Crippen LogP contribution >= 0.6 is 0 Å². The Balaban J connectivity index is 1.79. The Morgan fingerprint density at radius 3 is 2.56 bits per heavy atom. The second-order valence-corrected chi connectivity index (χ2v) is 5.84. The maximum Gasteiger partial charge on any atom is 0.163 e. The molecule has 3 aromatic rings. The Bertz CT molecular complexity index is 955. The second-order valence-electron chi connectivity index (χ2n) is 5.84. The molecule has 1 aromatic heterocycles. The number of hydrogen-bond donors (Lipinski definition) is 0. The number of nitriles is 1. The first kappa shape index (κ1) is 15.5. The fourth-order valence-electron chi connectivity index (χ4n) is 2.99. The van der Waals surface area contributed by atoms with Gasteiger partial charge in [-0.05, 0) is 17.7 Å². The Hall–Kier alpha value is -3.04. The van der Waals surface area contributed by atoms with Crippen LogP contribution in [-0.4, -0.2) is 29.9 Å². The van der Waals surface area contributed by atoms with Crippen LogP contribution in [0.3, 0.4) is 0 Å². The van der Waals surface area contributed by atoms with E-state index in [4.69, 9.17) is 24.5 Å². The molecule has 25 heavy (non-hydrogen) atoms. The highest BCUT2D eigenvalue weighted by Crippen LogP contribution is 2.35. The number of nitrogens with zero attached hydrogens (tertiary/aromatic N) is 3. The van der Waals surface area contributed by atoms with Gasteiger partial charge < -0.3 is 18.8 Å². The Morgan fingerprint density at radius 1 is 1.16 bits per heavy atom. The predicted molar refractivity (Wildman–Crippen MR) is 91.7 cm³/mol. The van der Waals surface area contributed by atoms with Gasteiger partial charge in [-0.1, -0.05) is 12.1 Å². The van der Waals surface area contributed by atoms with Crippen molar-refractivity contribution in [1.29, 1.82) is 5.26 Å². The molecule has 2 heterocycles. The van der Waals surface area contributed by atoms with E-state index in [1.165, 1.54) is 0 Å². The highest BCUT2D eigenvalue weighted by Gasteiger charge is 2.18. The summed E-state index contributed by atoms with van der Waals surface area (Å²) >= 11 is 0. The number of hydrogen-bond acceptors (Lipinski definition) is 5. The normalized spacial score (nSPS) is 13.0. The lowest BCUT2D eigenvalue weighted by atomic mass is 10.1. The zero-order valence-corrected chi connectivity index (χ0v) is 13.9. The van der Waals surface area contributed by atoms with Crippen LogP contribution in [0, 0.1) is 11.3 Å². The van der Waals surface area contributed by atoms with E-state index in [2.05, 4.69) is 10.6 Å². The van der Waals surface area contributed by atoms with Crippen LogP contribution in [0.5, 0.6) is 11.5 Å². The summed E-state index contributed by atoms with van der Waals surface area (Å²) in [6, 6.07) is 13.6. The zero-order chi connectivity index (χ0) is 17.2. The minimum atomic E-state index is 0.414. The molecule has 0 radical (unpaired) electrons. The first-order valence-electron chi connectivity index (χ1n) is 8.05. The highest BCUT2D eigenvalue weighted by molar-refractivity contribution is 5.81. The largest absolute Gasteiger partial charge is 0.486 e. The van der Waals surface area contributed by atoms with E-state index in [0.717, 1.165) is 33.9 Å². The van der Waals surface area contributed by atoms with E-state index < -0.39 is 0 Å². The van der Waals surface area contributed by atoms with Gasteiger partial charge in [-0.3, -0.25) is 0 Å². The third-order valence-corrected chi connectivity index (χ3v) is 4.19. The number of fused-ring (bicyclic) bond motifs is 2. The summed E-state index contributed by atoms with van der Waals surface area (Å²) < 4.78 is 18.8. The first-order chi connectivity index (χ1) is 12.3. The number of rotatable bonds is 4. The molecule has 6 nitrogen and oxygen atoms in total. The van der Waals surface area contributed by atoms with Gasteiger partial charge in [0.15, 0.2) is 11.5 Å². The van der Waals surface area contributed by atoms with Crippen molar-refractivity contribution in [3.05, 3.63) is 53.3 Å². The molecule has 0 N–H and O–H groups in total. The summed E-state index contributed by atoms with van der Waals surface area (Å²) in [6.45, 7) is 2.15. The van der Waals surface area contributed by atoms with Crippen molar-refractivity contribution in [2.75, 3.05) is 20.3 Å². The summed E-state index contributed by atoms with van der Waals surface area (Å²) in [7, 11) is 1.66. The van der Waals surface area contributed by atoms with E-state index in [1.54, 1.807) is 7.11 Å². The van der Waals surface area contributed by atoms with Crippen LogP contribution < -0.4 is 9.47 Å². The molecule has 6 heteroatoms. The molecule has 4 rings (SSSR count). The van der Waals surface area contributed by atoms with E-state index in [9.17, 15) is 0 Å². The molecule has 0 saturated carbocycles. The zero-order valence-electron chi connectivity index (χ0n) is 13.9. The molecule has 0 bridgehead atoms. The molecule has 0 saturated heterocycles. The standard InChI is InChI=1S/C19H17N3O3/c1-23-12-19-21-15-8-17-18(25-7-6-24-17)9-16(15)22(19)11-14-4-2-13(10-20)3-5-14/h2-5,8-9H,6-7,11-12H2,1H3. The SMILES string of the molecule is COCc1nc2cc3c(cc2n1Cc1ccc(C#N)cc1)OCCO3. The number of aromatic nitrogens is 2. The summed E-state index contributed by atoms with van der Waals surface area (Å²) in [5.74, 6) is 2.30. The molecule has 1 aliphatic heterocycles. The molecule has 0 fully saturated rings. The third kappa shape index (κ3) is 2.90. The second kappa shape index (κ2) is 6.46. The summed E-state index contributed by atoms with van der Waals surface area (Å²) in [6.07, 6.45) is 0. The van der Waals surface area contributed by atoms with Gasteiger partial charge in [0.2, 0.25) is 0 Å². The van der Waals surface area contributed by atoms with Gasteiger partial charge in [-0.2, -0.15) is 5.26 Å². The van der Waals surface area contributed by atoms with Gasteiger partial charge in [0.1, 0.15) is 25.6 Å². The fourth-order valence-corrected chi connectivity index (χ4v) is 2.99. The Kier molecular flexibility index (Phi) is 4.00. The van der Waals surface area contributed by atoms with E-state index in [1.807, 2.05) is 36.4 Å². The minimum absolute atomic E-state index is 0.414. The summed E-state index contributed by atoms with van der Waals surface area (Å²) in [5.41, 5.74) is 3.56. The van der Waals surface area contributed by atoms with Crippen molar-refractivity contribution in [2.24, 2.45) is 0 Å². The molecular weight excluding hydrogens is 318 g/mol. The quantitative estimate of drug-likeness (QED) is 0.733. The van der Waals surface area contributed by atoms with Gasteiger partial charge in [-0.25, -0.2) is 4.98 Å². The molecule has 1 aliphatic rings. The van der Waals surface area contributed by atoms with Gasteiger partial charge in [0.25, 0.3) is 0 Å². The van der Waals surface area contributed by atoms with Gasteiger partial charge in [-0.15, -0.1) is 0 Å². The van der Waals surface area contributed by atoms with Crippen molar-refractivity contribution < 1.29 is 14.2 Å². The van der Waals surface area contributed by atoms with Crippen molar-refractivity contribution in [2.45, 2.75) is 13.2 Å². The van der Waals surface area contributed by atoms with Crippen LogP contribution in [0.15, 0.2) is 36.4 Å². The lowest BCUT2D eigenvalue weighted by molar-refractivity contribution is 0.172. The molecule has 126 valence electrons. The Morgan fingerprint density at radius 2 is 1.88 bits per heavy atom. The predicted octanol–water partition coefficient (Wildman–Crippen LogP) is 2.87. The average Bonchev–Trinajstić information content (AvgIpc) is 2.97. The van der Waals surface area contributed by atoms with Crippen LogP contribution in [0.2, 0.25) is 0 Å². The monoisotopic (exact) mass is 335 g/mol. The van der Waals surface area contributed by atoms with Crippen molar-refractivity contribution in [3.8, 4) is 17.6 Å².